The monoisotopic (exact) mass is 252 g/mol. The lowest BCUT2D eigenvalue weighted by molar-refractivity contribution is 0.0620. The first-order chi connectivity index (χ1) is 7.88. The van der Waals surface area contributed by atoms with Gasteiger partial charge in [0.15, 0.2) is 0 Å². The van der Waals surface area contributed by atoms with Crippen LogP contribution < -0.4 is 0 Å². The highest BCUT2D eigenvalue weighted by atomic mass is 32.1. The minimum absolute atomic E-state index is 0.0405. The van der Waals surface area contributed by atoms with Crippen LogP contribution in [-0.4, -0.2) is 29.7 Å². The van der Waals surface area contributed by atoms with Gasteiger partial charge in [-0.05, 0) is 18.5 Å². The van der Waals surface area contributed by atoms with Crippen molar-refractivity contribution in [1.82, 2.24) is 4.90 Å². The van der Waals surface area contributed by atoms with Crippen molar-refractivity contribution < 1.29 is 5.11 Å². The molecule has 0 aliphatic heterocycles. The zero-order valence-corrected chi connectivity index (χ0v) is 11.7. The molecule has 0 radical (unpaired) electrons. The summed E-state index contributed by atoms with van der Waals surface area (Å²) in [5, 5.41) is 20.1. The molecule has 4 heteroatoms. The molecule has 0 bridgehead atoms. The zero-order chi connectivity index (χ0) is 13.1. The molecule has 17 heavy (non-hydrogen) atoms. The number of nitrogens with zero attached hydrogens (tertiary/aromatic N) is 2. The predicted molar refractivity (Wildman–Crippen MR) is 70.8 cm³/mol. The Labute approximate surface area is 107 Å². The first-order valence-electron chi connectivity index (χ1n) is 5.67. The second kappa shape index (κ2) is 5.63. The summed E-state index contributed by atoms with van der Waals surface area (Å²) in [5.41, 5.74) is 0.758. The quantitative estimate of drug-likeness (QED) is 0.895. The van der Waals surface area contributed by atoms with Gasteiger partial charge >= 0.3 is 0 Å². The smallest absolute Gasteiger partial charge is 0.100 e. The molecular formula is C13H20N2OS. The second-order valence-corrected chi connectivity index (χ2v) is 6.39. The van der Waals surface area contributed by atoms with E-state index in [0.29, 0.717) is 0 Å². The van der Waals surface area contributed by atoms with E-state index in [9.17, 15) is 5.11 Å². The van der Waals surface area contributed by atoms with Gasteiger partial charge in [-0.3, -0.25) is 4.90 Å². The zero-order valence-electron chi connectivity index (χ0n) is 10.9. The Hall–Kier alpha value is -0.890. The lowest BCUT2D eigenvalue weighted by Crippen LogP contribution is -2.43. The van der Waals surface area contributed by atoms with Gasteiger partial charge < -0.3 is 5.11 Å². The number of aliphatic hydroxyl groups excluding tert-OH is 1. The van der Waals surface area contributed by atoms with Crippen molar-refractivity contribution >= 4 is 11.3 Å². The summed E-state index contributed by atoms with van der Waals surface area (Å²) < 4.78 is 0. The van der Waals surface area contributed by atoms with Crippen LogP contribution in [0.15, 0.2) is 11.4 Å². The van der Waals surface area contributed by atoms with E-state index < -0.39 is 0 Å². The molecule has 3 nitrogen and oxygen atoms in total. The standard InChI is InChI=1S/C13H20N2OS/c1-13(2,3)12(8-16)15(4)7-11-5-10(6-14)9-17-11/h5,9,12,16H,7-8H2,1-4H3. The SMILES string of the molecule is CN(Cc1cc(C#N)cs1)C(CO)C(C)(C)C. The lowest BCUT2D eigenvalue weighted by atomic mass is 9.86. The van der Waals surface area contributed by atoms with Crippen molar-refractivity contribution in [1.29, 1.82) is 5.26 Å². The number of nitriles is 1. The Bertz CT molecular complexity index is 400. The fourth-order valence-corrected chi connectivity index (χ4v) is 2.82. The summed E-state index contributed by atoms with van der Waals surface area (Å²) in [6.07, 6.45) is 0. The molecule has 0 spiro atoms. The average Bonchev–Trinajstić information content (AvgIpc) is 2.64. The fraction of sp³-hybridized carbons (Fsp3) is 0.615. The molecule has 0 saturated heterocycles. The normalized spacial score (nSPS) is 13.7. The predicted octanol–water partition coefficient (Wildman–Crippen LogP) is 2.46. The van der Waals surface area contributed by atoms with Crippen molar-refractivity contribution in [2.75, 3.05) is 13.7 Å². The fourth-order valence-electron chi connectivity index (χ4n) is 1.95. The number of rotatable bonds is 4. The van der Waals surface area contributed by atoms with Gasteiger partial charge in [-0.1, -0.05) is 20.8 Å². The van der Waals surface area contributed by atoms with Gasteiger partial charge in [-0.2, -0.15) is 5.26 Å². The van der Waals surface area contributed by atoms with E-state index >= 15 is 0 Å². The molecule has 1 unspecified atom stereocenters. The van der Waals surface area contributed by atoms with Crippen LogP contribution in [0.25, 0.3) is 0 Å². The number of likely N-dealkylation sites (N-methyl/N-ethyl adjacent to an activating group) is 1. The molecule has 0 aliphatic rings. The Morgan fingerprint density at radius 3 is 2.59 bits per heavy atom. The average molecular weight is 252 g/mol. The molecule has 1 aromatic heterocycles. The van der Waals surface area contributed by atoms with Gasteiger partial charge in [0.05, 0.1) is 12.2 Å². The van der Waals surface area contributed by atoms with Crippen LogP contribution in [0, 0.1) is 16.7 Å². The number of hydrogen-bond donors (Lipinski definition) is 1. The third-order valence-electron chi connectivity index (χ3n) is 2.89. The summed E-state index contributed by atoms with van der Waals surface area (Å²) in [6, 6.07) is 4.17. The Morgan fingerprint density at radius 1 is 1.53 bits per heavy atom. The maximum absolute atomic E-state index is 9.47. The van der Waals surface area contributed by atoms with Crippen LogP contribution in [0.3, 0.4) is 0 Å². The minimum atomic E-state index is 0.0405. The largest absolute Gasteiger partial charge is 0.395 e. The molecule has 0 fully saturated rings. The van der Waals surface area contributed by atoms with E-state index in [2.05, 4.69) is 31.7 Å². The van der Waals surface area contributed by atoms with Crippen LogP contribution >= 0.6 is 11.3 Å². The van der Waals surface area contributed by atoms with Crippen molar-refractivity contribution in [3.63, 3.8) is 0 Å². The first kappa shape index (κ1) is 14.2. The molecule has 0 aromatic carbocycles. The summed E-state index contributed by atoms with van der Waals surface area (Å²) in [4.78, 5) is 3.30. The molecule has 0 aliphatic carbocycles. The summed E-state index contributed by atoms with van der Waals surface area (Å²) >= 11 is 1.60. The lowest BCUT2D eigenvalue weighted by Gasteiger charge is -2.36. The van der Waals surface area contributed by atoms with Crippen LogP contribution in [0.2, 0.25) is 0 Å². The third-order valence-corrected chi connectivity index (χ3v) is 3.81. The molecule has 1 N–H and O–H groups in total. The van der Waals surface area contributed by atoms with E-state index in [-0.39, 0.29) is 18.1 Å². The van der Waals surface area contributed by atoms with Crippen LogP contribution in [0.1, 0.15) is 31.2 Å². The topological polar surface area (TPSA) is 47.3 Å². The highest BCUT2D eigenvalue weighted by molar-refractivity contribution is 7.10. The van der Waals surface area contributed by atoms with Crippen molar-refractivity contribution in [3.05, 3.63) is 21.9 Å². The first-order valence-corrected chi connectivity index (χ1v) is 6.55. The van der Waals surface area contributed by atoms with Crippen LogP contribution in [0.5, 0.6) is 0 Å². The maximum atomic E-state index is 9.47. The van der Waals surface area contributed by atoms with Gasteiger partial charge in [0.2, 0.25) is 0 Å². The van der Waals surface area contributed by atoms with Crippen LogP contribution in [0.4, 0.5) is 0 Å². The highest BCUT2D eigenvalue weighted by Crippen LogP contribution is 2.25. The number of aliphatic hydroxyl groups is 1. The molecule has 0 saturated carbocycles. The van der Waals surface area contributed by atoms with Gasteiger partial charge in [0, 0.05) is 22.8 Å². The third kappa shape index (κ3) is 3.81. The molecule has 1 aromatic rings. The van der Waals surface area contributed by atoms with Gasteiger partial charge in [0.25, 0.3) is 0 Å². The maximum Gasteiger partial charge on any atom is 0.100 e. The number of thiophene rings is 1. The van der Waals surface area contributed by atoms with Crippen molar-refractivity contribution in [2.24, 2.45) is 5.41 Å². The van der Waals surface area contributed by atoms with E-state index in [4.69, 9.17) is 5.26 Å². The molecule has 94 valence electrons. The van der Waals surface area contributed by atoms with Gasteiger partial charge in [-0.25, -0.2) is 0 Å². The van der Waals surface area contributed by atoms with Crippen molar-refractivity contribution in [2.45, 2.75) is 33.4 Å². The van der Waals surface area contributed by atoms with Gasteiger partial charge in [0.1, 0.15) is 6.07 Å². The van der Waals surface area contributed by atoms with Gasteiger partial charge in [-0.15, -0.1) is 11.3 Å². The Kier molecular flexibility index (Phi) is 4.70. The van der Waals surface area contributed by atoms with E-state index in [1.54, 1.807) is 11.3 Å². The molecule has 1 atom stereocenters. The molecule has 1 heterocycles. The van der Waals surface area contributed by atoms with E-state index in [0.717, 1.165) is 17.0 Å². The molecular weight excluding hydrogens is 232 g/mol. The van der Waals surface area contributed by atoms with Crippen LogP contribution in [-0.2, 0) is 6.54 Å². The summed E-state index contributed by atoms with van der Waals surface area (Å²) in [7, 11) is 2.01. The summed E-state index contributed by atoms with van der Waals surface area (Å²) in [5.74, 6) is 0. The molecule has 1 rings (SSSR count). The number of hydrogen-bond acceptors (Lipinski definition) is 4. The van der Waals surface area contributed by atoms with E-state index in [1.807, 2.05) is 18.5 Å². The Balaban J connectivity index is 2.71. The van der Waals surface area contributed by atoms with E-state index in [1.165, 1.54) is 0 Å². The second-order valence-electron chi connectivity index (χ2n) is 5.39. The highest BCUT2D eigenvalue weighted by Gasteiger charge is 2.27. The summed E-state index contributed by atoms with van der Waals surface area (Å²) in [6.45, 7) is 7.30. The molecule has 0 amide bonds. The van der Waals surface area contributed by atoms with Crippen molar-refractivity contribution in [3.8, 4) is 6.07 Å². The Morgan fingerprint density at radius 2 is 2.18 bits per heavy atom. The minimum Gasteiger partial charge on any atom is -0.395 e.